The Kier molecular flexibility index (Phi) is 6.27. The van der Waals surface area contributed by atoms with Crippen LogP contribution < -0.4 is 16.5 Å². The molecule has 1 fully saturated rings. The Hall–Kier alpha value is -2.20. The number of aromatic nitrogens is 2. The van der Waals surface area contributed by atoms with Crippen molar-refractivity contribution in [2.45, 2.75) is 24.9 Å². The van der Waals surface area contributed by atoms with Crippen LogP contribution in [0.25, 0.3) is 0 Å². The Morgan fingerprint density at radius 2 is 2.15 bits per heavy atom. The Morgan fingerprint density at radius 3 is 2.81 bits per heavy atom. The number of rotatable bonds is 6. The van der Waals surface area contributed by atoms with Crippen LogP contribution in [0.2, 0.25) is 0 Å². The summed E-state index contributed by atoms with van der Waals surface area (Å²) in [5, 5.41) is 12.6. The molecule has 1 aliphatic rings. The summed E-state index contributed by atoms with van der Waals surface area (Å²) in [4.78, 5) is 37.2. The minimum Gasteiger partial charge on any atom is -0.390 e. The molecule has 1 aliphatic heterocycles. The maximum atomic E-state index is 12.3. The molecular formula is C16H19N4O6P. The molecule has 5 N–H and O–H groups in total. The number of ether oxygens (including phenoxy) is 1. The standard InChI is InChI=1S/C16H19N4O6P/c17-27(24)25-9-12-11(21)8-14(26-12)20-7-6-13(19-16(20)23)18-15(22)10-4-2-1-3-5-10/h1-7,11-12,14,21,24H,8-9,17H2,(H,18,19,22,23)/t11-,12+,14+,27?/m0/s1. The fraction of sp³-hybridized carbons (Fsp3) is 0.312. The van der Waals surface area contributed by atoms with Gasteiger partial charge in [-0.3, -0.25) is 14.9 Å². The van der Waals surface area contributed by atoms with Crippen molar-refractivity contribution < 1.29 is 24.1 Å². The van der Waals surface area contributed by atoms with Crippen molar-refractivity contribution >= 4 is 20.3 Å². The van der Waals surface area contributed by atoms with Gasteiger partial charge in [-0.15, -0.1) is 0 Å². The molecule has 1 amide bonds. The number of aliphatic hydroxyl groups is 1. The summed E-state index contributed by atoms with van der Waals surface area (Å²) < 4.78 is 11.7. The molecule has 0 saturated carbocycles. The highest BCUT2D eigenvalue weighted by Gasteiger charge is 2.36. The molecular weight excluding hydrogens is 375 g/mol. The molecule has 2 aromatic rings. The van der Waals surface area contributed by atoms with Crippen LogP contribution in [0, 0.1) is 0 Å². The van der Waals surface area contributed by atoms with Crippen molar-refractivity contribution in [3.63, 3.8) is 0 Å². The monoisotopic (exact) mass is 394 g/mol. The third-order valence-electron chi connectivity index (χ3n) is 3.99. The number of nitrogens with one attached hydrogen (secondary N) is 1. The number of nitrogens with two attached hydrogens (primary N) is 1. The Morgan fingerprint density at radius 1 is 1.41 bits per heavy atom. The number of anilines is 1. The molecule has 11 heteroatoms. The van der Waals surface area contributed by atoms with Crippen molar-refractivity contribution in [3.05, 3.63) is 58.6 Å². The highest BCUT2D eigenvalue weighted by Crippen LogP contribution is 2.30. The summed E-state index contributed by atoms with van der Waals surface area (Å²) in [6, 6.07) is 10.0. The normalized spacial score (nSPS) is 23.1. The fourth-order valence-electron chi connectivity index (χ4n) is 2.67. The lowest BCUT2D eigenvalue weighted by Crippen LogP contribution is -2.29. The summed E-state index contributed by atoms with van der Waals surface area (Å²) in [5.74, 6) is -0.273. The number of carbonyl (C=O) groups is 1. The quantitative estimate of drug-likeness (QED) is 0.513. The third kappa shape index (κ3) is 4.95. The number of carbonyl (C=O) groups excluding carboxylic acids is 1. The topological polar surface area (TPSA) is 149 Å². The summed E-state index contributed by atoms with van der Waals surface area (Å²) >= 11 is 0. The van der Waals surface area contributed by atoms with Crippen LogP contribution in [0.5, 0.6) is 0 Å². The lowest BCUT2D eigenvalue weighted by atomic mass is 10.2. The number of benzene rings is 1. The van der Waals surface area contributed by atoms with E-state index in [0.29, 0.717) is 5.56 Å². The molecule has 4 atom stereocenters. The van der Waals surface area contributed by atoms with Gasteiger partial charge in [-0.2, -0.15) is 4.98 Å². The molecule has 27 heavy (non-hydrogen) atoms. The lowest BCUT2D eigenvalue weighted by Gasteiger charge is -2.16. The molecule has 1 unspecified atom stereocenters. The van der Waals surface area contributed by atoms with Crippen LogP contribution >= 0.6 is 8.53 Å². The number of aliphatic hydroxyl groups excluding tert-OH is 1. The zero-order valence-corrected chi connectivity index (χ0v) is 15.0. The van der Waals surface area contributed by atoms with Gasteiger partial charge in [-0.05, 0) is 18.2 Å². The molecule has 10 nitrogen and oxygen atoms in total. The maximum absolute atomic E-state index is 12.3. The van der Waals surface area contributed by atoms with E-state index in [9.17, 15) is 14.7 Å². The van der Waals surface area contributed by atoms with Crippen LogP contribution in [0.1, 0.15) is 23.0 Å². The van der Waals surface area contributed by atoms with Gasteiger partial charge in [-0.1, -0.05) is 18.2 Å². The van der Waals surface area contributed by atoms with Gasteiger partial charge in [0.2, 0.25) is 8.53 Å². The lowest BCUT2D eigenvalue weighted by molar-refractivity contribution is -0.0406. The van der Waals surface area contributed by atoms with Gasteiger partial charge in [-0.25, -0.2) is 4.79 Å². The summed E-state index contributed by atoms with van der Waals surface area (Å²) in [7, 11) is -2.05. The van der Waals surface area contributed by atoms with E-state index in [-0.39, 0.29) is 24.8 Å². The predicted molar refractivity (Wildman–Crippen MR) is 96.7 cm³/mol. The molecule has 0 radical (unpaired) electrons. The first-order chi connectivity index (χ1) is 12.9. The van der Waals surface area contributed by atoms with Crippen molar-refractivity contribution in [2.75, 3.05) is 11.9 Å². The van der Waals surface area contributed by atoms with Crippen molar-refractivity contribution in [1.29, 1.82) is 0 Å². The van der Waals surface area contributed by atoms with E-state index < -0.39 is 32.7 Å². The van der Waals surface area contributed by atoms with Gasteiger partial charge in [0.05, 0.1) is 12.7 Å². The largest absolute Gasteiger partial charge is 0.390 e. The Balaban J connectivity index is 1.67. The van der Waals surface area contributed by atoms with Crippen LogP contribution in [0.15, 0.2) is 47.4 Å². The average Bonchev–Trinajstić information content (AvgIpc) is 3.01. The van der Waals surface area contributed by atoms with E-state index in [1.807, 2.05) is 0 Å². The molecule has 0 aliphatic carbocycles. The second kappa shape index (κ2) is 8.66. The smallest absolute Gasteiger partial charge is 0.351 e. The van der Waals surface area contributed by atoms with Gasteiger partial charge in [0.1, 0.15) is 18.1 Å². The molecule has 2 heterocycles. The van der Waals surface area contributed by atoms with E-state index in [2.05, 4.69) is 10.3 Å². The van der Waals surface area contributed by atoms with Gasteiger partial charge < -0.3 is 24.6 Å². The van der Waals surface area contributed by atoms with E-state index in [1.165, 1.54) is 16.8 Å². The highest BCUT2D eigenvalue weighted by molar-refractivity contribution is 7.43. The number of hydrogen-bond donors (Lipinski definition) is 4. The summed E-state index contributed by atoms with van der Waals surface area (Å²) in [6.45, 7) is -0.0935. The van der Waals surface area contributed by atoms with E-state index in [0.717, 1.165) is 0 Å². The molecule has 0 spiro atoms. The minimum absolute atomic E-state index is 0.0935. The molecule has 144 valence electrons. The minimum atomic E-state index is -2.05. The van der Waals surface area contributed by atoms with Crippen molar-refractivity contribution in [3.8, 4) is 0 Å². The molecule has 1 saturated heterocycles. The van der Waals surface area contributed by atoms with Crippen molar-refractivity contribution in [1.82, 2.24) is 9.55 Å². The van der Waals surface area contributed by atoms with Crippen LogP contribution in [0.3, 0.4) is 0 Å². The van der Waals surface area contributed by atoms with E-state index >= 15 is 0 Å². The first-order valence-corrected chi connectivity index (χ1v) is 9.38. The average molecular weight is 394 g/mol. The van der Waals surface area contributed by atoms with Gasteiger partial charge in [0, 0.05) is 18.2 Å². The van der Waals surface area contributed by atoms with Crippen LogP contribution in [-0.4, -0.2) is 44.3 Å². The second-order valence-corrected chi connectivity index (χ2v) is 6.72. The third-order valence-corrected chi connectivity index (χ3v) is 4.41. The Labute approximate surface area is 155 Å². The van der Waals surface area contributed by atoms with Crippen molar-refractivity contribution in [2.24, 2.45) is 5.50 Å². The predicted octanol–water partition coefficient (Wildman–Crippen LogP) is 0.338. The maximum Gasteiger partial charge on any atom is 0.351 e. The number of nitrogens with zero attached hydrogens (tertiary/aromatic N) is 2. The van der Waals surface area contributed by atoms with Crippen LogP contribution in [0.4, 0.5) is 5.82 Å². The van der Waals surface area contributed by atoms with Gasteiger partial charge in [0.25, 0.3) is 5.91 Å². The van der Waals surface area contributed by atoms with E-state index in [1.54, 1.807) is 30.3 Å². The summed E-state index contributed by atoms with van der Waals surface area (Å²) in [6.07, 6.45) is -0.762. The van der Waals surface area contributed by atoms with Gasteiger partial charge in [0.15, 0.2) is 0 Å². The summed E-state index contributed by atoms with van der Waals surface area (Å²) in [5.41, 5.74) is 4.95. The first kappa shape index (κ1) is 19.6. The highest BCUT2D eigenvalue weighted by atomic mass is 31.2. The molecule has 3 rings (SSSR count). The number of hydrogen-bond acceptors (Lipinski definition) is 8. The zero-order chi connectivity index (χ0) is 19.4. The second-order valence-electron chi connectivity index (χ2n) is 5.85. The van der Waals surface area contributed by atoms with E-state index in [4.69, 9.17) is 19.7 Å². The molecule has 1 aromatic heterocycles. The molecule has 1 aromatic carbocycles. The Bertz CT molecular complexity index is 846. The first-order valence-electron chi connectivity index (χ1n) is 8.10. The zero-order valence-electron chi connectivity index (χ0n) is 14.1. The van der Waals surface area contributed by atoms with Gasteiger partial charge >= 0.3 is 5.69 Å². The molecule has 0 bridgehead atoms. The fourth-order valence-corrected chi connectivity index (χ4v) is 2.96. The number of amides is 1. The van der Waals surface area contributed by atoms with Crippen LogP contribution in [-0.2, 0) is 9.26 Å². The SMILES string of the molecule is NP(O)OC[C@H]1O[C@@H](n2ccc(NC(=O)c3ccccc3)nc2=O)C[C@@H]1O.